The van der Waals surface area contributed by atoms with Crippen molar-refractivity contribution in [2.75, 3.05) is 5.32 Å². The number of carbonyl (C=O) groups is 3. The molecule has 0 heterocycles. The second kappa shape index (κ2) is 7.58. The van der Waals surface area contributed by atoms with E-state index < -0.39 is 5.97 Å². The Labute approximate surface area is 155 Å². The molecule has 6 nitrogen and oxygen atoms in total. The van der Waals surface area contributed by atoms with Crippen molar-refractivity contribution in [3.8, 4) is 0 Å². The average Bonchev–Trinajstić information content (AvgIpc) is 3.40. The number of aromatic carboxylic acids is 1. The first-order valence-electron chi connectivity index (χ1n) is 8.15. The number of benzene rings is 2. The number of nitrogens with one attached hydrogen (secondary N) is 2. The van der Waals surface area contributed by atoms with Crippen LogP contribution in [0.4, 0.5) is 5.69 Å². The fourth-order valence-corrected chi connectivity index (χ4v) is 2.73. The van der Waals surface area contributed by atoms with Crippen molar-refractivity contribution in [3.05, 3.63) is 64.2 Å². The van der Waals surface area contributed by atoms with Gasteiger partial charge in [-0.2, -0.15) is 0 Å². The molecule has 1 saturated carbocycles. The molecular formula is C19H17ClN2O4. The van der Waals surface area contributed by atoms with Crippen LogP contribution in [0.5, 0.6) is 0 Å². The van der Waals surface area contributed by atoms with Crippen LogP contribution in [0.3, 0.4) is 0 Å². The summed E-state index contributed by atoms with van der Waals surface area (Å²) in [6, 6.07) is 11.2. The maximum atomic E-state index is 12.3. The molecule has 0 radical (unpaired) electrons. The summed E-state index contributed by atoms with van der Waals surface area (Å²) in [4.78, 5) is 35.7. The third-order valence-corrected chi connectivity index (χ3v) is 4.34. The number of hydrogen-bond donors (Lipinski definition) is 3. The fraction of sp³-hybridized carbons (Fsp3) is 0.211. The van der Waals surface area contributed by atoms with E-state index in [-0.39, 0.29) is 29.8 Å². The number of halogens is 1. The van der Waals surface area contributed by atoms with Crippen molar-refractivity contribution < 1.29 is 19.5 Å². The first-order chi connectivity index (χ1) is 12.4. The van der Waals surface area contributed by atoms with Gasteiger partial charge in [0.1, 0.15) is 0 Å². The van der Waals surface area contributed by atoms with Crippen LogP contribution in [0.25, 0.3) is 0 Å². The molecule has 0 spiro atoms. The molecular weight excluding hydrogens is 356 g/mol. The van der Waals surface area contributed by atoms with E-state index in [0.29, 0.717) is 21.8 Å². The highest BCUT2D eigenvalue weighted by molar-refractivity contribution is 6.34. The molecule has 0 atom stereocenters. The third-order valence-electron chi connectivity index (χ3n) is 4.01. The van der Waals surface area contributed by atoms with Crippen molar-refractivity contribution in [2.24, 2.45) is 0 Å². The van der Waals surface area contributed by atoms with Crippen LogP contribution in [0, 0.1) is 0 Å². The van der Waals surface area contributed by atoms with Gasteiger partial charge in [-0.3, -0.25) is 9.59 Å². The van der Waals surface area contributed by atoms with Crippen molar-refractivity contribution in [3.63, 3.8) is 0 Å². The summed E-state index contributed by atoms with van der Waals surface area (Å²) in [6.07, 6.45) is 1.83. The highest BCUT2D eigenvalue weighted by Gasteiger charge is 2.25. The summed E-state index contributed by atoms with van der Waals surface area (Å²) in [7, 11) is 0. The summed E-state index contributed by atoms with van der Waals surface area (Å²) in [5.74, 6) is -1.74. The average molecular weight is 373 g/mol. The molecule has 26 heavy (non-hydrogen) atoms. The Balaban J connectivity index is 1.71. The van der Waals surface area contributed by atoms with Crippen molar-refractivity contribution >= 4 is 35.1 Å². The summed E-state index contributed by atoms with van der Waals surface area (Å²) in [6.45, 7) is 0. The molecule has 2 aromatic rings. The smallest absolute Gasteiger partial charge is 0.335 e. The highest BCUT2D eigenvalue weighted by Crippen LogP contribution is 2.24. The van der Waals surface area contributed by atoms with E-state index in [4.69, 9.17) is 11.6 Å². The second-order valence-electron chi connectivity index (χ2n) is 6.13. The van der Waals surface area contributed by atoms with E-state index in [1.54, 1.807) is 30.3 Å². The summed E-state index contributed by atoms with van der Waals surface area (Å²) in [5.41, 5.74) is 1.22. The molecule has 3 rings (SSSR count). The number of carboxylic acids is 1. The number of rotatable bonds is 6. The first-order valence-corrected chi connectivity index (χ1v) is 8.53. The third kappa shape index (κ3) is 4.40. The predicted octanol–water partition coefficient (Wildman–Crippen LogP) is 3.11. The van der Waals surface area contributed by atoms with Crippen LogP contribution in [-0.2, 0) is 11.2 Å². The summed E-state index contributed by atoms with van der Waals surface area (Å²) < 4.78 is 0. The molecule has 0 saturated heterocycles. The predicted molar refractivity (Wildman–Crippen MR) is 97.7 cm³/mol. The van der Waals surface area contributed by atoms with E-state index in [0.717, 1.165) is 12.8 Å². The lowest BCUT2D eigenvalue weighted by Crippen LogP contribution is -2.26. The maximum Gasteiger partial charge on any atom is 0.335 e. The monoisotopic (exact) mass is 372 g/mol. The summed E-state index contributed by atoms with van der Waals surface area (Å²) in [5, 5.41) is 15.0. The molecule has 0 aromatic heterocycles. The lowest BCUT2D eigenvalue weighted by Gasteiger charge is -2.10. The zero-order valence-electron chi connectivity index (χ0n) is 13.8. The van der Waals surface area contributed by atoms with Gasteiger partial charge in [0.15, 0.2) is 0 Å². The Kier molecular flexibility index (Phi) is 5.23. The highest BCUT2D eigenvalue weighted by atomic mass is 35.5. The minimum absolute atomic E-state index is 0.0863. The molecule has 0 unspecified atom stereocenters. The zero-order valence-corrected chi connectivity index (χ0v) is 14.5. The van der Waals surface area contributed by atoms with Crippen molar-refractivity contribution in [2.45, 2.75) is 25.3 Å². The van der Waals surface area contributed by atoms with Gasteiger partial charge in [-0.25, -0.2) is 4.79 Å². The molecule has 2 amide bonds. The maximum absolute atomic E-state index is 12.3. The lowest BCUT2D eigenvalue weighted by atomic mass is 10.0. The zero-order chi connectivity index (χ0) is 18.7. The van der Waals surface area contributed by atoms with Gasteiger partial charge in [-0.15, -0.1) is 0 Å². The van der Waals surface area contributed by atoms with Gasteiger partial charge in [0.05, 0.1) is 22.6 Å². The molecule has 7 heteroatoms. The second-order valence-corrected chi connectivity index (χ2v) is 6.54. The molecule has 0 aliphatic heterocycles. The van der Waals surface area contributed by atoms with Gasteiger partial charge in [0, 0.05) is 11.7 Å². The van der Waals surface area contributed by atoms with Crippen LogP contribution in [-0.4, -0.2) is 28.9 Å². The van der Waals surface area contributed by atoms with Crippen LogP contribution in [0.15, 0.2) is 42.5 Å². The first kappa shape index (κ1) is 17.9. The Bertz CT molecular complexity index is 878. The van der Waals surface area contributed by atoms with Crippen LogP contribution in [0.1, 0.15) is 39.1 Å². The van der Waals surface area contributed by atoms with Gasteiger partial charge in [-0.1, -0.05) is 29.8 Å². The Morgan fingerprint density at radius 3 is 2.50 bits per heavy atom. The van der Waals surface area contributed by atoms with Gasteiger partial charge < -0.3 is 15.7 Å². The molecule has 1 fully saturated rings. The van der Waals surface area contributed by atoms with E-state index in [1.807, 2.05) is 0 Å². The largest absolute Gasteiger partial charge is 0.478 e. The molecule has 1 aliphatic carbocycles. The molecule has 2 aromatic carbocycles. The lowest BCUT2D eigenvalue weighted by molar-refractivity contribution is -0.115. The molecule has 0 bridgehead atoms. The van der Waals surface area contributed by atoms with Crippen molar-refractivity contribution in [1.29, 1.82) is 0 Å². The van der Waals surface area contributed by atoms with E-state index in [2.05, 4.69) is 10.6 Å². The van der Waals surface area contributed by atoms with E-state index in [9.17, 15) is 19.5 Å². The normalized spacial score (nSPS) is 13.1. The minimum Gasteiger partial charge on any atom is -0.478 e. The topological polar surface area (TPSA) is 95.5 Å². The Hall–Kier alpha value is -2.86. The minimum atomic E-state index is -1.08. The molecule has 3 N–H and O–H groups in total. The van der Waals surface area contributed by atoms with Crippen LogP contribution < -0.4 is 10.6 Å². The molecule has 134 valence electrons. The van der Waals surface area contributed by atoms with Crippen molar-refractivity contribution in [1.82, 2.24) is 5.32 Å². The van der Waals surface area contributed by atoms with E-state index >= 15 is 0 Å². The van der Waals surface area contributed by atoms with Crippen LogP contribution in [0.2, 0.25) is 5.02 Å². The summed E-state index contributed by atoms with van der Waals surface area (Å²) >= 11 is 6.08. The van der Waals surface area contributed by atoms with Gasteiger partial charge in [-0.05, 0) is 42.7 Å². The standard InChI is InChI=1S/C19H17ClN2O4/c20-16-8-7-13(10-15(16)18(24)22-12-5-6-12)21-17(23)9-11-3-1-2-4-14(11)19(25)26/h1-4,7-8,10,12H,5-6,9H2,(H,21,23)(H,22,24)(H,25,26). The van der Waals surface area contributed by atoms with Crippen LogP contribution >= 0.6 is 11.6 Å². The fourth-order valence-electron chi connectivity index (χ4n) is 2.53. The van der Waals surface area contributed by atoms with Gasteiger partial charge in [0.2, 0.25) is 5.91 Å². The number of anilines is 1. The number of carboxylic acid groups (broad SMARTS) is 1. The Morgan fingerprint density at radius 1 is 1.08 bits per heavy atom. The number of carbonyl (C=O) groups excluding carboxylic acids is 2. The Morgan fingerprint density at radius 2 is 1.81 bits per heavy atom. The van der Waals surface area contributed by atoms with Gasteiger partial charge in [0.25, 0.3) is 5.91 Å². The van der Waals surface area contributed by atoms with Gasteiger partial charge >= 0.3 is 5.97 Å². The quantitative estimate of drug-likeness (QED) is 0.726. The molecule has 1 aliphatic rings. The number of amides is 2. The number of hydrogen-bond acceptors (Lipinski definition) is 3. The van der Waals surface area contributed by atoms with E-state index in [1.165, 1.54) is 12.1 Å². The SMILES string of the molecule is O=C(Cc1ccccc1C(=O)O)Nc1ccc(Cl)c(C(=O)NC2CC2)c1.